The third kappa shape index (κ3) is 4.14. The highest BCUT2D eigenvalue weighted by Crippen LogP contribution is 2.22. The summed E-state index contributed by atoms with van der Waals surface area (Å²) in [6.45, 7) is 1.26. The van der Waals surface area contributed by atoms with Crippen LogP contribution in [0.5, 0.6) is 5.75 Å². The van der Waals surface area contributed by atoms with Crippen LogP contribution in [-0.2, 0) is 9.47 Å². The molecule has 0 amide bonds. The number of nitrogens with zero attached hydrogens (tertiary/aromatic N) is 1. The van der Waals surface area contributed by atoms with Crippen LogP contribution in [-0.4, -0.2) is 31.0 Å². The molecule has 0 aromatic heterocycles. The average molecular weight is 285 g/mol. The lowest BCUT2D eigenvalue weighted by atomic mass is 10.2. The molecule has 1 unspecified atom stereocenters. The first-order valence-corrected chi connectivity index (χ1v) is 6.47. The second-order valence-electron chi connectivity index (χ2n) is 4.39. The summed E-state index contributed by atoms with van der Waals surface area (Å²) in [5.74, 6) is -0.676. The fraction of sp³-hybridized carbons (Fsp3) is 0.538. The van der Waals surface area contributed by atoms with Crippen molar-refractivity contribution in [1.29, 1.82) is 0 Å². The molecule has 1 aliphatic heterocycles. The van der Waals surface area contributed by atoms with Crippen LogP contribution in [0.3, 0.4) is 0 Å². The van der Waals surface area contributed by atoms with Crippen molar-refractivity contribution in [3.05, 3.63) is 34.1 Å². The van der Waals surface area contributed by atoms with Crippen molar-refractivity contribution in [3.8, 4) is 5.75 Å². The van der Waals surface area contributed by atoms with Crippen LogP contribution in [0.25, 0.3) is 0 Å². The maximum Gasteiger partial charge on any atom is 0.305 e. The summed E-state index contributed by atoms with van der Waals surface area (Å²) in [6, 6.07) is 3.43. The second-order valence-corrected chi connectivity index (χ2v) is 4.39. The molecule has 1 fully saturated rings. The van der Waals surface area contributed by atoms with Crippen molar-refractivity contribution in [2.75, 3.05) is 19.8 Å². The van der Waals surface area contributed by atoms with Crippen molar-refractivity contribution in [2.24, 2.45) is 0 Å². The Morgan fingerprint density at radius 1 is 1.40 bits per heavy atom. The van der Waals surface area contributed by atoms with Crippen LogP contribution < -0.4 is 4.74 Å². The maximum atomic E-state index is 13.3. The third-order valence-corrected chi connectivity index (χ3v) is 2.91. The molecule has 0 N–H and O–H groups in total. The van der Waals surface area contributed by atoms with Crippen molar-refractivity contribution >= 4 is 5.69 Å². The highest BCUT2D eigenvalue weighted by atomic mass is 19.1. The first kappa shape index (κ1) is 14.7. The molecule has 6 nitrogen and oxygen atoms in total. The smallest absolute Gasteiger partial charge is 0.305 e. The summed E-state index contributed by atoms with van der Waals surface area (Å²) in [7, 11) is 0. The van der Waals surface area contributed by atoms with Gasteiger partial charge >= 0.3 is 5.69 Å². The largest absolute Gasteiger partial charge is 0.491 e. The number of hydrogen-bond donors (Lipinski definition) is 0. The van der Waals surface area contributed by atoms with Crippen LogP contribution in [0, 0.1) is 15.9 Å². The second kappa shape index (κ2) is 7.16. The van der Waals surface area contributed by atoms with E-state index in [0.717, 1.165) is 31.4 Å². The quantitative estimate of drug-likeness (QED) is 0.456. The summed E-state index contributed by atoms with van der Waals surface area (Å²) < 4.78 is 29.4. The predicted molar refractivity (Wildman–Crippen MR) is 68.1 cm³/mol. The zero-order valence-electron chi connectivity index (χ0n) is 10.9. The van der Waals surface area contributed by atoms with Crippen LogP contribution in [0.4, 0.5) is 10.1 Å². The van der Waals surface area contributed by atoms with Crippen LogP contribution >= 0.6 is 0 Å². The molecular formula is C13H16FNO5. The molecular weight excluding hydrogens is 269 g/mol. The van der Waals surface area contributed by atoms with Gasteiger partial charge in [-0.3, -0.25) is 10.1 Å². The first-order valence-electron chi connectivity index (χ1n) is 6.47. The molecule has 1 heterocycles. The minimum atomic E-state index is -0.913. The van der Waals surface area contributed by atoms with Gasteiger partial charge in [-0.2, -0.15) is 4.39 Å². The van der Waals surface area contributed by atoms with E-state index in [0.29, 0.717) is 13.2 Å². The molecule has 0 saturated carbocycles. The Morgan fingerprint density at radius 3 is 2.90 bits per heavy atom. The molecule has 1 aromatic rings. The van der Waals surface area contributed by atoms with Gasteiger partial charge in [-0.25, -0.2) is 0 Å². The number of benzene rings is 1. The van der Waals surface area contributed by atoms with E-state index >= 15 is 0 Å². The van der Waals surface area contributed by atoms with Gasteiger partial charge in [0.1, 0.15) is 12.4 Å². The Kier molecular flexibility index (Phi) is 5.25. The van der Waals surface area contributed by atoms with Crippen LogP contribution in [0.15, 0.2) is 18.2 Å². The van der Waals surface area contributed by atoms with E-state index in [9.17, 15) is 14.5 Å². The van der Waals surface area contributed by atoms with E-state index in [1.807, 2.05) is 0 Å². The van der Waals surface area contributed by atoms with Crippen molar-refractivity contribution < 1.29 is 23.5 Å². The molecule has 20 heavy (non-hydrogen) atoms. The van der Waals surface area contributed by atoms with Crippen LogP contribution in [0.2, 0.25) is 0 Å². The van der Waals surface area contributed by atoms with E-state index < -0.39 is 16.4 Å². The first-order chi connectivity index (χ1) is 9.66. The van der Waals surface area contributed by atoms with E-state index in [1.165, 1.54) is 6.07 Å². The van der Waals surface area contributed by atoms with Gasteiger partial charge in [0.2, 0.25) is 5.82 Å². The molecule has 1 atom stereocenters. The van der Waals surface area contributed by atoms with Gasteiger partial charge in [0.25, 0.3) is 0 Å². The van der Waals surface area contributed by atoms with Crippen molar-refractivity contribution in [3.63, 3.8) is 0 Å². The van der Waals surface area contributed by atoms with E-state index in [2.05, 4.69) is 0 Å². The predicted octanol–water partition coefficient (Wildman–Crippen LogP) is 2.66. The molecule has 1 saturated heterocycles. The molecule has 110 valence electrons. The fourth-order valence-electron chi connectivity index (χ4n) is 1.91. The number of nitro groups is 1. The lowest BCUT2D eigenvalue weighted by molar-refractivity contribution is -0.387. The van der Waals surface area contributed by atoms with Crippen LogP contribution in [0.1, 0.15) is 19.3 Å². The zero-order chi connectivity index (χ0) is 14.4. The standard InChI is InChI=1S/C13H16FNO5/c14-11-9-10(4-5-12(11)15(16)17)18-7-8-20-13-3-1-2-6-19-13/h4-5,9,13H,1-3,6-8H2. The number of nitro benzene ring substituents is 1. The Morgan fingerprint density at radius 2 is 2.25 bits per heavy atom. The van der Waals surface area contributed by atoms with Gasteiger partial charge in [-0.15, -0.1) is 0 Å². The minimum absolute atomic E-state index is 0.194. The SMILES string of the molecule is O=[N+]([O-])c1ccc(OCCOC2CCCCO2)cc1F. The monoisotopic (exact) mass is 285 g/mol. The Bertz CT molecular complexity index is 462. The summed E-state index contributed by atoms with van der Waals surface area (Å²) in [6.07, 6.45) is 2.81. The van der Waals surface area contributed by atoms with Gasteiger partial charge < -0.3 is 14.2 Å². The normalized spacial score (nSPS) is 18.8. The summed E-state index contributed by atoms with van der Waals surface area (Å²) >= 11 is 0. The number of rotatable bonds is 6. The highest BCUT2D eigenvalue weighted by Gasteiger charge is 2.15. The topological polar surface area (TPSA) is 70.8 Å². The molecule has 2 rings (SSSR count). The minimum Gasteiger partial charge on any atom is -0.491 e. The molecule has 1 aromatic carbocycles. The molecule has 1 aliphatic rings. The number of halogens is 1. The van der Waals surface area contributed by atoms with Crippen molar-refractivity contribution in [2.45, 2.75) is 25.6 Å². The molecule has 7 heteroatoms. The maximum absolute atomic E-state index is 13.3. The Hall–Kier alpha value is -1.73. The summed E-state index contributed by atoms with van der Waals surface area (Å²) in [5, 5.41) is 10.5. The van der Waals surface area contributed by atoms with E-state index in [4.69, 9.17) is 14.2 Å². The zero-order valence-corrected chi connectivity index (χ0v) is 10.9. The number of hydrogen-bond acceptors (Lipinski definition) is 5. The molecule has 0 aliphatic carbocycles. The lowest BCUT2D eigenvalue weighted by Crippen LogP contribution is -2.24. The van der Waals surface area contributed by atoms with Gasteiger partial charge in [-0.1, -0.05) is 0 Å². The Labute approximate surface area is 115 Å². The van der Waals surface area contributed by atoms with Gasteiger partial charge in [0.15, 0.2) is 6.29 Å². The van der Waals surface area contributed by atoms with E-state index in [1.54, 1.807) is 0 Å². The lowest BCUT2D eigenvalue weighted by Gasteiger charge is -2.22. The highest BCUT2D eigenvalue weighted by molar-refractivity contribution is 5.37. The molecule has 0 spiro atoms. The van der Waals surface area contributed by atoms with E-state index in [-0.39, 0.29) is 18.6 Å². The molecule has 0 radical (unpaired) electrons. The molecule has 0 bridgehead atoms. The summed E-state index contributed by atoms with van der Waals surface area (Å²) in [4.78, 5) is 9.68. The van der Waals surface area contributed by atoms with Gasteiger partial charge in [-0.05, 0) is 25.3 Å². The third-order valence-electron chi connectivity index (χ3n) is 2.91. The average Bonchev–Trinajstić information content (AvgIpc) is 2.44. The fourth-order valence-corrected chi connectivity index (χ4v) is 1.91. The number of ether oxygens (including phenoxy) is 3. The Balaban J connectivity index is 1.73. The van der Waals surface area contributed by atoms with Crippen molar-refractivity contribution in [1.82, 2.24) is 0 Å². The van der Waals surface area contributed by atoms with Gasteiger partial charge in [0, 0.05) is 18.7 Å². The van der Waals surface area contributed by atoms with Gasteiger partial charge in [0.05, 0.1) is 11.5 Å². The summed E-state index contributed by atoms with van der Waals surface area (Å²) in [5.41, 5.74) is -0.566.